The van der Waals surface area contributed by atoms with E-state index in [-0.39, 0.29) is 49.3 Å². The molecule has 3 rings (SSSR count). The van der Waals surface area contributed by atoms with E-state index >= 15 is 0 Å². The molecule has 1 fully saturated rings. The third kappa shape index (κ3) is 8.12. The molecular weight excluding hydrogens is 531 g/mol. The van der Waals surface area contributed by atoms with Crippen LogP contribution in [0.15, 0.2) is 65.4 Å². The molecule has 1 heterocycles. The van der Waals surface area contributed by atoms with Crippen LogP contribution in [0.3, 0.4) is 0 Å². The average molecular weight is 560 g/mol. The van der Waals surface area contributed by atoms with Crippen LogP contribution in [0, 0.1) is 5.92 Å². The molecule has 2 aromatic carbocycles. The molecule has 0 aliphatic carbocycles. The van der Waals surface area contributed by atoms with Crippen molar-refractivity contribution >= 4 is 26.0 Å². The number of carbonyl (C=O) groups excluding carboxylic acids is 1. The Balaban J connectivity index is 1.48. The number of alkyl halides is 3. The van der Waals surface area contributed by atoms with Crippen molar-refractivity contribution < 1.29 is 34.8 Å². The van der Waals surface area contributed by atoms with E-state index < -0.39 is 31.8 Å². The van der Waals surface area contributed by atoms with Gasteiger partial charge >= 0.3 is 6.18 Å². The average Bonchev–Trinajstić information content (AvgIpc) is 3.33. The normalized spacial score (nSPS) is 17.0. The summed E-state index contributed by atoms with van der Waals surface area (Å²) in [5, 5.41) is 3.51. The van der Waals surface area contributed by atoms with Crippen molar-refractivity contribution in [2.45, 2.75) is 30.3 Å². The lowest BCUT2D eigenvalue weighted by Crippen LogP contribution is -2.32. The zero-order chi connectivity index (χ0) is 27.3. The van der Waals surface area contributed by atoms with Crippen LogP contribution in [0.5, 0.6) is 0 Å². The summed E-state index contributed by atoms with van der Waals surface area (Å²) in [7, 11) is -7.35. The van der Waals surface area contributed by atoms with Crippen molar-refractivity contribution in [1.29, 1.82) is 0 Å². The fourth-order valence-corrected chi connectivity index (χ4v) is 5.97. The molecule has 2 aromatic rings. The topological polar surface area (TPSA) is 113 Å². The number of hydrogen-bond donors (Lipinski definition) is 2. The van der Waals surface area contributed by atoms with Gasteiger partial charge in [-0.25, -0.2) is 21.6 Å². The smallest absolute Gasteiger partial charge is 0.355 e. The van der Waals surface area contributed by atoms with Crippen molar-refractivity contribution in [2.24, 2.45) is 5.92 Å². The second-order valence-corrected chi connectivity index (χ2v) is 12.3. The van der Waals surface area contributed by atoms with Gasteiger partial charge in [0.05, 0.1) is 16.9 Å². The van der Waals surface area contributed by atoms with Gasteiger partial charge in [0.25, 0.3) is 0 Å². The van der Waals surface area contributed by atoms with Gasteiger partial charge in [-0.05, 0) is 54.2 Å². The molecule has 2 N–H and O–H groups in total. The summed E-state index contributed by atoms with van der Waals surface area (Å²) < 4.78 is 90.5. The van der Waals surface area contributed by atoms with Gasteiger partial charge in [0.2, 0.25) is 26.0 Å². The van der Waals surface area contributed by atoms with Gasteiger partial charge in [0.15, 0.2) is 0 Å². The van der Waals surface area contributed by atoms with Crippen LogP contribution in [0.1, 0.15) is 23.1 Å². The molecular formula is C24H28F3N3O5S2. The number of sulfonamides is 2. The first-order chi connectivity index (χ1) is 17.3. The Hall–Kier alpha value is -2.74. The minimum Gasteiger partial charge on any atom is -0.355 e. The predicted octanol–water partition coefficient (Wildman–Crippen LogP) is 2.68. The summed E-state index contributed by atoms with van der Waals surface area (Å²) >= 11 is 0. The molecule has 0 saturated carbocycles. The predicted molar refractivity (Wildman–Crippen MR) is 132 cm³/mol. The summed E-state index contributed by atoms with van der Waals surface area (Å²) in [5.41, 5.74) is 0.528. The highest BCUT2D eigenvalue weighted by Crippen LogP contribution is 2.29. The van der Waals surface area contributed by atoms with Gasteiger partial charge in [0.1, 0.15) is 0 Å². The highest BCUT2D eigenvalue weighted by atomic mass is 32.2. The Morgan fingerprint density at radius 2 is 1.65 bits per heavy atom. The summed E-state index contributed by atoms with van der Waals surface area (Å²) in [6, 6.07) is 10.7. The van der Waals surface area contributed by atoms with Crippen LogP contribution in [0.2, 0.25) is 0 Å². The highest BCUT2D eigenvalue weighted by Gasteiger charge is 2.33. The molecule has 1 amide bonds. The molecule has 1 aliphatic rings. The molecule has 13 heteroatoms. The van der Waals surface area contributed by atoms with Crippen molar-refractivity contribution in [3.05, 3.63) is 77.2 Å². The largest absolute Gasteiger partial charge is 0.416 e. The SMILES string of the molecule is C=CS(=O)(=O)NCC1CCN(S(=O)(=O)c2ccc(CC(=O)NCCc3ccc(C(F)(F)F)cc3)cc2)C1. The van der Waals surface area contributed by atoms with Crippen LogP contribution in [-0.2, 0) is 43.9 Å². The zero-order valence-corrected chi connectivity index (χ0v) is 21.5. The standard InChI is InChI=1S/C24H28F3N3O5S2/c1-2-36(32,33)29-16-20-12-14-30(17-20)37(34,35)22-9-5-19(6-10-22)15-23(31)28-13-11-18-3-7-21(8-4-18)24(25,26)27/h2-10,20,29H,1,11-17H2,(H,28,31). The first-order valence-corrected chi connectivity index (χ1v) is 14.4. The number of carbonyl (C=O) groups is 1. The van der Waals surface area contributed by atoms with Crippen LogP contribution in [0.25, 0.3) is 0 Å². The third-order valence-electron chi connectivity index (χ3n) is 5.98. The van der Waals surface area contributed by atoms with E-state index in [0.717, 1.165) is 17.5 Å². The zero-order valence-electron chi connectivity index (χ0n) is 19.9. The van der Waals surface area contributed by atoms with Gasteiger partial charge in [-0.3, -0.25) is 4.79 Å². The van der Waals surface area contributed by atoms with Gasteiger partial charge in [-0.1, -0.05) is 30.8 Å². The summed E-state index contributed by atoms with van der Waals surface area (Å²) in [4.78, 5) is 12.3. The number of benzene rings is 2. The number of hydrogen-bond acceptors (Lipinski definition) is 5. The summed E-state index contributed by atoms with van der Waals surface area (Å²) in [6.45, 7) is 4.04. The lowest BCUT2D eigenvalue weighted by molar-refractivity contribution is -0.137. The van der Waals surface area contributed by atoms with Crippen LogP contribution in [-0.4, -0.2) is 53.2 Å². The van der Waals surface area contributed by atoms with Crippen molar-refractivity contribution in [1.82, 2.24) is 14.3 Å². The molecule has 37 heavy (non-hydrogen) atoms. The minimum atomic E-state index is -4.40. The summed E-state index contributed by atoms with van der Waals surface area (Å²) in [6.07, 6.45) is -3.49. The van der Waals surface area contributed by atoms with Gasteiger partial charge in [0, 0.05) is 31.6 Å². The van der Waals surface area contributed by atoms with E-state index in [0.29, 0.717) is 24.0 Å². The number of halogens is 3. The Morgan fingerprint density at radius 1 is 1.03 bits per heavy atom. The molecule has 202 valence electrons. The third-order valence-corrected chi connectivity index (χ3v) is 8.87. The lowest BCUT2D eigenvalue weighted by atomic mass is 10.1. The summed E-state index contributed by atoms with van der Waals surface area (Å²) in [5.74, 6) is -0.457. The molecule has 8 nitrogen and oxygen atoms in total. The second kappa shape index (κ2) is 11.8. The van der Waals surface area contributed by atoms with E-state index in [1.54, 1.807) is 12.1 Å². The number of rotatable bonds is 11. The van der Waals surface area contributed by atoms with Crippen LogP contribution in [0.4, 0.5) is 13.2 Å². The highest BCUT2D eigenvalue weighted by molar-refractivity contribution is 7.92. The van der Waals surface area contributed by atoms with Gasteiger partial charge < -0.3 is 5.32 Å². The first-order valence-electron chi connectivity index (χ1n) is 11.4. The maximum atomic E-state index is 13.0. The Bertz CT molecular complexity index is 1310. The van der Waals surface area contributed by atoms with E-state index in [2.05, 4.69) is 16.6 Å². The fraction of sp³-hybridized carbons (Fsp3) is 0.375. The second-order valence-electron chi connectivity index (χ2n) is 8.69. The Morgan fingerprint density at radius 3 is 2.24 bits per heavy atom. The van der Waals surface area contributed by atoms with Crippen molar-refractivity contribution in [3.8, 4) is 0 Å². The van der Waals surface area contributed by atoms with E-state index in [4.69, 9.17) is 0 Å². The maximum absolute atomic E-state index is 13.0. The van der Waals surface area contributed by atoms with Crippen molar-refractivity contribution in [3.63, 3.8) is 0 Å². The van der Waals surface area contributed by atoms with E-state index in [9.17, 15) is 34.8 Å². The molecule has 0 radical (unpaired) electrons. The first kappa shape index (κ1) is 28.8. The molecule has 1 atom stereocenters. The molecule has 1 aliphatic heterocycles. The number of nitrogens with zero attached hydrogens (tertiary/aromatic N) is 1. The van der Waals surface area contributed by atoms with Crippen LogP contribution >= 0.6 is 0 Å². The van der Waals surface area contributed by atoms with E-state index in [1.165, 1.54) is 28.6 Å². The fourth-order valence-electron chi connectivity index (χ4n) is 3.86. The minimum absolute atomic E-state index is 0.0164. The van der Waals surface area contributed by atoms with Gasteiger partial charge in [-0.2, -0.15) is 17.5 Å². The Labute approximate surface area is 214 Å². The lowest BCUT2D eigenvalue weighted by Gasteiger charge is -2.17. The quantitative estimate of drug-likeness (QED) is 0.440. The number of amides is 1. The van der Waals surface area contributed by atoms with E-state index in [1.807, 2.05) is 0 Å². The number of nitrogens with one attached hydrogen (secondary N) is 2. The molecule has 0 bridgehead atoms. The molecule has 0 spiro atoms. The molecule has 1 unspecified atom stereocenters. The van der Waals surface area contributed by atoms with Crippen LogP contribution < -0.4 is 10.0 Å². The monoisotopic (exact) mass is 559 g/mol. The maximum Gasteiger partial charge on any atom is 0.416 e. The molecule has 0 aromatic heterocycles. The van der Waals surface area contributed by atoms with Crippen molar-refractivity contribution in [2.75, 3.05) is 26.2 Å². The molecule has 1 saturated heterocycles. The Kier molecular flexibility index (Phi) is 9.16. The van der Waals surface area contributed by atoms with Gasteiger partial charge in [-0.15, -0.1) is 0 Å².